The summed E-state index contributed by atoms with van der Waals surface area (Å²) in [6.45, 7) is 5.00. The van der Waals surface area contributed by atoms with Crippen LogP contribution in [0.3, 0.4) is 0 Å². The number of hydrogen-bond acceptors (Lipinski definition) is 3. The fourth-order valence-corrected chi connectivity index (χ4v) is 1.31. The van der Waals surface area contributed by atoms with E-state index in [1.807, 2.05) is 13.8 Å². The molecule has 0 radical (unpaired) electrons. The fourth-order valence-electron chi connectivity index (χ4n) is 1.31. The van der Waals surface area contributed by atoms with Gasteiger partial charge in [-0.1, -0.05) is 0 Å². The molecule has 0 saturated heterocycles. The van der Waals surface area contributed by atoms with Crippen molar-refractivity contribution < 1.29 is 18.7 Å². The number of methoxy groups -OCH3 is 1. The Morgan fingerprint density at radius 3 is 2.38 bits per heavy atom. The third-order valence-corrected chi connectivity index (χ3v) is 2.00. The summed E-state index contributed by atoms with van der Waals surface area (Å²) in [5, 5.41) is 0. The molecule has 0 saturated carbocycles. The van der Waals surface area contributed by atoms with Crippen LogP contribution in [-0.4, -0.2) is 19.0 Å². The van der Waals surface area contributed by atoms with Gasteiger partial charge in [0.05, 0.1) is 18.8 Å². The van der Waals surface area contributed by atoms with Gasteiger partial charge in [-0.2, -0.15) is 0 Å². The van der Waals surface area contributed by atoms with Crippen LogP contribution in [0, 0.1) is 5.82 Å². The van der Waals surface area contributed by atoms with E-state index < -0.39 is 5.82 Å². The summed E-state index contributed by atoms with van der Waals surface area (Å²) >= 11 is 0. The largest absolute Gasteiger partial charge is 0.493 e. The van der Waals surface area contributed by atoms with Crippen molar-refractivity contribution in [2.75, 3.05) is 7.11 Å². The Balaban J connectivity index is 3.23. The standard InChI is InChI=1S/C12H15FO3/c1-7(2)16-12-5-9(8(3)14)10(13)6-11(12)15-4/h5-7H,1-4H3. The maximum Gasteiger partial charge on any atom is 0.163 e. The second-order valence-electron chi connectivity index (χ2n) is 3.71. The molecule has 0 N–H and O–H groups in total. The van der Waals surface area contributed by atoms with E-state index in [0.29, 0.717) is 5.75 Å². The summed E-state index contributed by atoms with van der Waals surface area (Å²) in [4.78, 5) is 11.2. The first-order valence-electron chi connectivity index (χ1n) is 5.00. The predicted molar refractivity (Wildman–Crippen MR) is 58.7 cm³/mol. The van der Waals surface area contributed by atoms with Crippen LogP contribution in [0.15, 0.2) is 12.1 Å². The smallest absolute Gasteiger partial charge is 0.163 e. The Morgan fingerprint density at radius 1 is 1.31 bits per heavy atom. The minimum Gasteiger partial charge on any atom is -0.493 e. The van der Waals surface area contributed by atoms with Gasteiger partial charge in [-0.25, -0.2) is 4.39 Å². The number of rotatable bonds is 4. The van der Waals surface area contributed by atoms with Gasteiger partial charge in [0.2, 0.25) is 0 Å². The molecule has 0 aromatic heterocycles. The second-order valence-corrected chi connectivity index (χ2v) is 3.71. The van der Waals surface area contributed by atoms with Gasteiger partial charge in [-0.05, 0) is 26.8 Å². The van der Waals surface area contributed by atoms with Crippen LogP contribution in [0.5, 0.6) is 11.5 Å². The van der Waals surface area contributed by atoms with Gasteiger partial charge in [-0.3, -0.25) is 4.79 Å². The number of Topliss-reactive ketones (excluding diaryl/α,β-unsaturated/α-hetero) is 1. The minimum atomic E-state index is -0.597. The van der Waals surface area contributed by atoms with E-state index in [1.54, 1.807) is 0 Å². The van der Waals surface area contributed by atoms with Gasteiger partial charge in [0.25, 0.3) is 0 Å². The quantitative estimate of drug-likeness (QED) is 0.740. The fraction of sp³-hybridized carbons (Fsp3) is 0.417. The van der Waals surface area contributed by atoms with Crippen molar-refractivity contribution >= 4 is 5.78 Å². The zero-order chi connectivity index (χ0) is 12.3. The summed E-state index contributed by atoms with van der Waals surface area (Å²) in [6, 6.07) is 2.53. The molecule has 1 aromatic rings. The van der Waals surface area contributed by atoms with Gasteiger partial charge in [0, 0.05) is 6.07 Å². The lowest BCUT2D eigenvalue weighted by Gasteiger charge is -2.14. The first kappa shape index (κ1) is 12.5. The number of ketones is 1. The average Bonchev–Trinajstić information content (AvgIpc) is 2.18. The molecular formula is C12H15FO3. The zero-order valence-corrected chi connectivity index (χ0v) is 9.83. The number of ether oxygens (including phenoxy) is 2. The van der Waals surface area contributed by atoms with E-state index in [9.17, 15) is 9.18 Å². The van der Waals surface area contributed by atoms with Gasteiger partial charge in [0.1, 0.15) is 5.82 Å². The van der Waals surface area contributed by atoms with Crippen molar-refractivity contribution in [2.45, 2.75) is 26.9 Å². The third-order valence-electron chi connectivity index (χ3n) is 2.00. The molecule has 88 valence electrons. The number of halogens is 1. The highest BCUT2D eigenvalue weighted by molar-refractivity contribution is 5.95. The van der Waals surface area contributed by atoms with Gasteiger partial charge in [-0.15, -0.1) is 0 Å². The number of hydrogen-bond donors (Lipinski definition) is 0. The highest BCUT2D eigenvalue weighted by atomic mass is 19.1. The molecule has 0 bridgehead atoms. The molecular weight excluding hydrogens is 211 g/mol. The van der Waals surface area contributed by atoms with E-state index in [0.717, 1.165) is 6.07 Å². The predicted octanol–water partition coefficient (Wildman–Crippen LogP) is 2.82. The van der Waals surface area contributed by atoms with Crippen molar-refractivity contribution in [3.63, 3.8) is 0 Å². The van der Waals surface area contributed by atoms with Crippen LogP contribution < -0.4 is 9.47 Å². The Kier molecular flexibility index (Phi) is 3.88. The first-order chi connectivity index (χ1) is 7.45. The Hall–Kier alpha value is -1.58. The monoisotopic (exact) mass is 226 g/mol. The molecule has 0 amide bonds. The highest BCUT2D eigenvalue weighted by Crippen LogP contribution is 2.31. The van der Waals surface area contributed by atoms with E-state index in [-0.39, 0.29) is 23.2 Å². The van der Waals surface area contributed by atoms with Crippen molar-refractivity contribution in [3.05, 3.63) is 23.5 Å². The SMILES string of the molecule is COc1cc(F)c(C(C)=O)cc1OC(C)C. The van der Waals surface area contributed by atoms with Gasteiger partial charge >= 0.3 is 0 Å². The molecule has 0 fully saturated rings. The summed E-state index contributed by atoms with van der Waals surface area (Å²) in [5.41, 5.74) is 0.0106. The molecule has 1 aromatic carbocycles. The number of benzene rings is 1. The maximum atomic E-state index is 13.4. The molecule has 0 unspecified atom stereocenters. The molecule has 0 aliphatic heterocycles. The Labute approximate surface area is 94.2 Å². The Morgan fingerprint density at radius 2 is 1.94 bits per heavy atom. The minimum absolute atomic E-state index is 0.0106. The summed E-state index contributed by atoms with van der Waals surface area (Å²) in [7, 11) is 1.43. The van der Waals surface area contributed by atoms with E-state index >= 15 is 0 Å². The maximum absolute atomic E-state index is 13.4. The Bertz CT molecular complexity index is 399. The molecule has 3 nitrogen and oxygen atoms in total. The van der Waals surface area contributed by atoms with Crippen molar-refractivity contribution in [1.29, 1.82) is 0 Å². The van der Waals surface area contributed by atoms with E-state index in [2.05, 4.69) is 0 Å². The molecule has 0 spiro atoms. The van der Waals surface area contributed by atoms with Crippen LogP contribution in [0.25, 0.3) is 0 Å². The zero-order valence-electron chi connectivity index (χ0n) is 9.83. The van der Waals surface area contributed by atoms with Gasteiger partial charge in [0.15, 0.2) is 17.3 Å². The molecule has 0 aliphatic carbocycles. The first-order valence-corrected chi connectivity index (χ1v) is 5.00. The van der Waals surface area contributed by atoms with Crippen LogP contribution in [0.2, 0.25) is 0 Å². The third kappa shape index (κ3) is 2.72. The molecule has 0 aliphatic rings. The number of carbonyl (C=O) groups excluding carboxylic acids is 1. The summed E-state index contributed by atoms with van der Waals surface area (Å²) in [6.07, 6.45) is -0.0702. The van der Waals surface area contributed by atoms with Crippen molar-refractivity contribution in [3.8, 4) is 11.5 Å². The highest BCUT2D eigenvalue weighted by Gasteiger charge is 2.15. The number of carbonyl (C=O) groups is 1. The molecule has 1 rings (SSSR count). The lowest BCUT2D eigenvalue weighted by molar-refractivity contribution is 0.101. The van der Waals surface area contributed by atoms with Crippen LogP contribution in [0.1, 0.15) is 31.1 Å². The lowest BCUT2D eigenvalue weighted by Crippen LogP contribution is -2.08. The second kappa shape index (κ2) is 4.96. The van der Waals surface area contributed by atoms with Crippen LogP contribution in [0.4, 0.5) is 4.39 Å². The van der Waals surface area contributed by atoms with E-state index in [1.165, 1.54) is 20.1 Å². The van der Waals surface area contributed by atoms with Crippen LogP contribution >= 0.6 is 0 Å². The van der Waals surface area contributed by atoms with Crippen LogP contribution in [-0.2, 0) is 0 Å². The van der Waals surface area contributed by atoms with Crippen molar-refractivity contribution in [1.82, 2.24) is 0 Å². The average molecular weight is 226 g/mol. The van der Waals surface area contributed by atoms with E-state index in [4.69, 9.17) is 9.47 Å². The summed E-state index contributed by atoms with van der Waals surface area (Å²) in [5.74, 6) is -0.269. The molecule has 4 heteroatoms. The summed E-state index contributed by atoms with van der Waals surface area (Å²) < 4.78 is 23.9. The molecule has 0 heterocycles. The van der Waals surface area contributed by atoms with Crippen molar-refractivity contribution in [2.24, 2.45) is 0 Å². The molecule has 0 atom stereocenters. The lowest BCUT2D eigenvalue weighted by atomic mass is 10.1. The topological polar surface area (TPSA) is 35.5 Å². The van der Waals surface area contributed by atoms with Gasteiger partial charge < -0.3 is 9.47 Å². The molecule has 16 heavy (non-hydrogen) atoms. The normalized spacial score (nSPS) is 10.4.